The van der Waals surface area contributed by atoms with Crippen LogP contribution >= 0.6 is 23.2 Å². The third-order valence-corrected chi connectivity index (χ3v) is 10.1. The summed E-state index contributed by atoms with van der Waals surface area (Å²) in [6.45, 7) is 1.47. The Morgan fingerprint density at radius 2 is 1.74 bits per heavy atom. The minimum absolute atomic E-state index is 0.139. The lowest BCUT2D eigenvalue weighted by Gasteiger charge is -2.35. The molecule has 1 aliphatic carbocycles. The molecule has 3 aromatic heterocycles. The number of nitrogens with one attached hydrogen (secondary N) is 1. The maximum absolute atomic E-state index is 12.9. The number of ether oxygens (including phenoxy) is 1. The molecule has 1 atom stereocenters. The van der Waals surface area contributed by atoms with Gasteiger partial charge in [0.1, 0.15) is 5.82 Å². The van der Waals surface area contributed by atoms with Gasteiger partial charge in [0.15, 0.2) is 0 Å². The molecule has 2 N–H and O–H groups in total. The van der Waals surface area contributed by atoms with E-state index in [-0.39, 0.29) is 17.5 Å². The molecule has 7 rings (SSSR count). The van der Waals surface area contributed by atoms with Crippen LogP contribution in [0.5, 0.6) is 5.88 Å². The zero-order valence-corrected chi connectivity index (χ0v) is 27.3. The number of carbonyl (C=O) groups is 1. The Morgan fingerprint density at radius 1 is 1.02 bits per heavy atom. The molecule has 0 radical (unpaired) electrons. The largest absolute Gasteiger partial charge is 0.481 e. The highest BCUT2D eigenvalue weighted by atomic mass is 35.5. The number of carboxylic acid groups (broad SMARTS) is 1. The molecular weight excluding hydrogens is 639 g/mol. The summed E-state index contributed by atoms with van der Waals surface area (Å²) in [6, 6.07) is 15.3. The van der Waals surface area contributed by atoms with Crippen molar-refractivity contribution in [3.05, 3.63) is 92.5 Å². The molecule has 4 heterocycles. The lowest BCUT2D eigenvalue weighted by Crippen LogP contribution is -2.38. The van der Waals surface area contributed by atoms with Gasteiger partial charge in [0.2, 0.25) is 5.88 Å². The van der Waals surface area contributed by atoms with Crippen LogP contribution < -0.4 is 15.6 Å². The second kappa shape index (κ2) is 12.6. The van der Waals surface area contributed by atoms with Crippen molar-refractivity contribution >= 4 is 51.4 Å². The van der Waals surface area contributed by atoms with Gasteiger partial charge in [-0.25, -0.2) is 14.6 Å². The van der Waals surface area contributed by atoms with Gasteiger partial charge in [-0.05, 0) is 62.5 Å². The number of hydrogen-bond acceptors (Lipinski definition) is 8. The molecule has 1 saturated heterocycles. The Bertz CT molecular complexity index is 2090. The fraction of sp³-hybridized carbons (Fsp3) is 0.286. The van der Waals surface area contributed by atoms with Gasteiger partial charge in [-0.15, -0.1) is 0 Å². The van der Waals surface area contributed by atoms with Crippen LogP contribution in [0.2, 0.25) is 10.0 Å². The molecule has 240 valence electrons. The standard InChI is InChI=1S/C35H32Cl2N6O4/c1-42-34(44)29-21(18-39-42)11-14-38-32(29)40-25-8-4-6-23(31(25)37)22-5-3-7-24(30(22)36)26-17-20-9-10-27(28(20)33(41-26)47-2)43-15-12-19(13-16-43)35(45)46/h3-8,11,14,17-19,27H,9-10,12-13,15-16H2,1-2H3,(H,38,40)(H,45,46). The number of piperidine rings is 1. The topological polar surface area (TPSA) is 122 Å². The fourth-order valence-corrected chi connectivity index (χ4v) is 7.47. The van der Waals surface area contributed by atoms with Crippen molar-refractivity contribution in [1.82, 2.24) is 24.6 Å². The van der Waals surface area contributed by atoms with Gasteiger partial charge in [-0.3, -0.25) is 14.5 Å². The van der Waals surface area contributed by atoms with E-state index in [0.717, 1.165) is 48.2 Å². The van der Waals surface area contributed by atoms with E-state index >= 15 is 0 Å². The van der Waals surface area contributed by atoms with Crippen molar-refractivity contribution < 1.29 is 14.6 Å². The zero-order chi connectivity index (χ0) is 32.8. The van der Waals surface area contributed by atoms with E-state index in [4.69, 9.17) is 32.9 Å². The number of fused-ring (bicyclic) bond motifs is 2. The Labute approximate surface area is 280 Å². The molecule has 1 unspecified atom stereocenters. The van der Waals surface area contributed by atoms with E-state index < -0.39 is 5.97 Å². The molecule has 5 aromatic rings. The monoisotopic (exact) mass is 670 g/mol. The summed E-state index contributed by atoms with van der Waals surface area (Å²) < 4.78 is 7.12. The quantitative estimate of drug-likeness (QED) is 0.190. The predicted molar refractivity (Wildman–Crippen MR) is 183 cm³/mol. The van der Waals surface area contributed by atoms with Gasteiger partial charge in [-0.2, -0.15) is 5.10 Å². The molecule has 0 bridgehead atoms. The third kappa shape index (κ3) is 5.60. The van der Waals surface area contributed by atoms with E-state index in [0.29, 0.717) is 62.3 Å². The van der Waals surface area contributed by atoms with Gasteiger partial charge >= 0.3 is 5.97 Å². The Kier molecular flexibility index (Phi) is 8.34. The molecule has 1 fully saturated rings. The Hall–Kier alpha value is -4.51. The first kappa shape index (κ1) is 31.1. The number of carboxylic acids is 1. The normalized spacial score (nSPS) is 16.7. The van der Waals surface area contributed by atoms with Crippen molar-refractivity contribution in [3.63, 3.8) is 0 Å². The number of aliphatic carboxylic acids is 1. The van der Waals surface area contributed by atoms with Crippen LogP contribution in [-0.4, -0.2) is 55.9 Å². The lowest BCUT2D eigenvalue weighted by molar-refractivity contribution is -0.143. The third-order valence-electron chi connectivity index (χ3n) is 9.32. The number of likely N-dealkylation sites (tertiary alicyclic amines) is 1. The zero-order valence-electron chi connectivity index (χ0n) is 25.8. The smallest absolute Gasteiger partial charge is 0.306 e. The first-order chi connectivity index (χ1) is 22.7. The summed E-state index contributed by atoms with van der Waals surface area (Å²) in [4.78, 5) is 36.1. The van der Waals surface area contributed by atoms with Crippen molar-refractivity contribution in [2.45, 2.75) is 31.7 Å². The van der Waals surface area contributed by atoms with E-state index in [9.17, 15) is 14.7 Å². The van der Waals surface area contributed by atoms with Crippen LogP contribution in [0.3, 0.4) is 0 Å². The molecule has 0 amide bonds. The molecule has 0 spiro atoms. The van der Waals surface area contributed by atoms with Crippen molar-refractivity contribution in [2.24, 2.45) is 13.0 Å². The number of methoxy groups -OCH3 is 1. The minimum Gasteiger partial charge on any atom is -0.481 e. The number of rotatable bonds is 7. The van der Waals surface area contributed by atoms with Crippen LogP contribution in [0.25, 0.3) is 33.2 Å². The van der Waals surface area contributed by atoms with Crippen LogP contribution in [-0.2, 0) is 18.3 Å². The molecule has 0 saturated carbocycles. The molecule has 1 aliphatic heterocycles. The second-order valence-electron chi connectivity index (χ2n) is 11.9. The highest BCUT2D eigenvalue weighted by molar-refractivity contribution is 6.39. The van der Waals surface area contributed by atoms with Gasteiger partial charge in [0.05, 0.1) is 46.0 Å². The number of benzene rings is 2. The number of nitrogens with zero attached hydrogens (tertiary/aromatic N) is 5. The maximum Gasteiger partial charge on any atom is 0.306 e. The molecule has 47 heavy (non-hydrogen) atoms. The summed E-state index contributed by atoms with van der Waals surface area (Å²) in [5, 5.41) is 18.8. The number of halogens is 2. The average molecular weight is 672 g/mol. The maximum atomic E-state index is 12.9. The number of pyridine rings is 2. The SMILES string of the molecule is COc1nc(-c2cccc(-c3cccc(Nc4nccc5cnn(C)c(=O)c45)c3Cl)c2Cl)cc2c1C(N1CCC(C(=O)O)CC1)CC2. The Morgan fingerprint density at radius 3 is 2.49 bits per heavy atom. The van der Waals surface area contributed by atoms with E-state index in [1.165, 1.54) is 4.68 Å². The average Bonchev–Trinajstić information content (AvgIpc) is 3.51. The van der Waals surface area contributed by atoms with Gasteiger partial charge < -0.3 is 15.2 Å². The molecular formula is C35H32Cl2N6O4. The molecule has 2 aromatic carbocycles. The number of aromatic nitrogens is 4. The Balaban J connectivity index is 1.22. The van der Waals surface area contributed by atoms with E-state index in [1.54, 1.807) is 32.6 Å². The van der Waals surface area contributed by atoms with Gasteiger partial charge in [0.25, 0.3) is 5.56 Å². The molecule has 10 nitrogen and oxygen atoms in total. The predicted octanol–water partition coefficient (Wildman–Crippen LogP) is 6.90. The summed E-state index contributed by atoms with van der Waals surface area (Å²) in [5.41, 5.74) is 5.41. The van der Waals surface area contributed by atoms with E-state index in [1.807, 2.05) is 36.4 Å². The summed E-state index contributed by atoms with van der Waals surface area (Å²) in [6.07, 6.45) is 6.31. The second-order valence-corrected chi connectivity index (χ2v) is 12.7. The van der Waals surface area contributed by atoms with Crippen molar-refractivity contribution in [1.29, 1.82) is 0 Å². The summed E-state index contributed by atoms with van der Waals surface area (Å²) in [5.74, 6) is -0.0516. The van der Waals surface area contributed by atoms with E-state index in [2.05, 4.69) is 26.4 Å². The highest BCUT2D eigenvalue weighted by Gasteiger charge is 2.36. The lowest BCUT2D eigenvalue weighted by atomic mass is 9.94. The van der Waals surface area contributed by atoms with Crippen molar-refractivity contribution in [3.8, 4) is 28.3 Å². The minimum atomic E-state index is -0.713. The number of hydrogen-bond donors (Lipinski definition) is 2. The number of aryl methyl sites for hydroxylation is 2. The van der Waals surface area contributed by atoms with Crippen LogP contribution in [0.1, 0.15) is 36.4 Å². The van der Waals surface area contributed by atoms with Crippen LogP contribution in [0, 0.1) is 5.92 Å². The van der Waals surface area contributed by atoms with Gasteiger partial charge in [-0.1, -0.05) is 53.5 Å². The first-order valence-corrected chi connectivity index (χ1v) is 16.2. The van der Waals surface area contributed by atoms with Crippen molar-refractivity contribution in [2.75, 3.05) is 25.5 Å². The van der Waals surface area contributed by atoms with Gasteiger partial charge in [0, 0.05) is 46.9 Å². The van der Waals surface area contributed by atoms with Crippen LogP contribution in [0.4, 0.5) is 11.5 Å². The summed E-state index contributed by atoms with van der Waals surface area (Å²) >= 11 is 14.1. The first-order valence-electron chi connectivity index (χ1n) is 15.5. The molecule has 2 aliphatic rings. The number of anilines is 2. The highest BCUT2D eigenvalue weighted by Crippen LogP contribution is 2.46. The van der Waals surface area contributed by atoms with Crippen LogP contribution in [0.15, 0.2) is 65.7 Å². The molecule has 12 heteroatoms. The fourth-order valence-electron chi connectivity index (χ4n) is 6.87. The summed E-state index contributed by atoms with van der Waals surface area (Å²) in [7, 11) is 3.23.